The summed E-state index contributed by atoms with van der Waals surface area (Å²) in [6.07, 6.45) is 5.01. The zero-order valence-electron chi connectivity index (χ0n) is 13.2. The summed E-state index contributed by atoms with van der Waals surface area (Å²) in [5.41, 5.74) is 4.16. The number of nitrogens with zero attached hydrogens (tertiary/aromatic N) is 2. The number of carbonyl (C=O) groups excluding carboxylic acids is 1. The largest absolute Gasteiger partial charge is 0.478 e. The molecule has 124 valence electrons. The van der Waals surface area contributed by atoms with E-state index in [2.05, 4.69) is 10.5 Å². The van der Waals surface area contributed by atoms with Gasteiger partial charge in [-0.3, -0.25) is 4.79 Å². The summed E-state index contributed by atoms with van der Waals surface area (Å²) >= 11 is 0. The average molecular weight is 333 g/mol. The molecule has 2 N–H and O–H groups in total. The molecule has 0 saturated heterocycles. The van der Waals surface area contributed by atoms with Crippen molar-refractivity contribution in [1.29, 1.82) is 0 Å². The molecule has 0 radical (unpaired) electrons. The van der Waals surface area contributed by atoms with Gasteiger partial charge in [-0.25, -0.2) is 10.2 Å². The van der Waals surface area contributed by atoms with Crippen LogP contribution >= 0.6 is 0 Å². The highest BCUT2D eigenvalue weighted by Crippen LogP contribution is 2.14. The van der Waals surface area contributed by atoms with Crippen LogP contribution in [0.3, 0.4) is 0 Å². The fourth-order valence-electron chi connectivity index (χ4n) is 2.41. The lowest BCUT2D eigenvalue weighted by Crippen LogP contribution is -2.19. The molecule has 6 heteroatoms. The number of benzene rings is 2. The Hall–Kier alpha value is -3.67. The number of carbonyl (C=O) groups is 2. The third-order valence-electron chi connectivity index (χ3n) is 3.59. The third-order valence-corrected chi connectivity index (χ3v) is 3.59. The number of nitrogens with one attached hydrogen (secondary N) is 1. The van der Waals surface area contributed by atoms with Crippen molar-refractivity contribution in [3.8, 4) is 5.69 Å². The summed E-state index contributed by atoms with van der Waals surface area (Å²) in [4.78, 5) is 23.6. The molecule has 0 aliphatic carbocycles. The van der Waals surface area contributed by atoms with Crippen LogP contribution in [0.1, 0.15) is 26.3 Å². The number of hydrazone groups is 1. The van der Waals surface area contributed by atoms with Crippen molar-refractivity contribution in [3.63, 3.8) is 0 Å². The Morgan fingerprint density at radius 1 is 0.920 bits per heavy atom. The maximum absolute atomic E-state index is 12.4. The summed E-state index contributed by atoms with van der Waals surface area (Å²) in [5, 5.41) is 13.0. The highest BCUT2D eigenvalue weighted by atomic mass is 16.4. The molecule has 0 spiro atoms. The Labute approximate surface area is 144 Å². The molecule has 0 bridgehead atoms. The van der Waals surface area contributed by atoms with Gasteiger partial charge in [0.05, 0.1) is 23.0 Å². The number of carboxylic acid groups (broad SMARTS) is 1. The number of rotatable bonds is 5. The summed E-state index contributed by atoms with van der Waals surface area (Å²) in [6, 6.07) is 17.3. The van der Waals surface area contributed by atoms with Crippen molar-refractivity contribution in [2.75, 3.05) is 0 Å². The van der Waals surface area contributed by atoms with Crippen molar-refractivity contribution in [1.82, 2.24) is 9.99 Å². The highest BCUT2D eigenvalue weighted by molar-refractivity contribution is 6.00. The van der Waals surface area contributed by atoms with E-state index in [0.29, 0.717) is 11.1 Å². The van der Waals surface area contributed by atoms with Gasteiger partial charge < -0.3 is 9.67 Å². The predicted octanol–water partition coefficient (Wildman–Crippen LogP) is 2.94. The molecule has 0 aliphatic heterocycles. The number of hydrogen-bond acceptors (Lipinski definition) is 3. The molecular weight excluding hydrogens is 318 g/mol. The Morgan fingerprint density at radius 2 is 1.56 bits per heavy atom. The Balaban J connectivity index is 1.80. The van der Waals surface area contributed by atoms with E-state index in [1.165, 1.54) is 12.3 Å². The quantitative estimate of drug-likeness (QED) is 0.556. The zero-order valence-corrected chi connectivity index (χ0v) is 13.2. The molecule has 1 heterocycles. The van der Waals surface area contributed by atoms with Crippen molar-refractivity contribution in [2.45, 2.75) is 0 Å². The maximum Gasteiger partial charge on any atom is 0.336 e. The molecule has 1 amide bonds. The maximum atomic E-state index is 12.4. The van der Waals surface area contributed by atoms with Crippen molar-refractivity contribution in [3.05, 3.63) is 89.7 Å². The Kier molecular flexibility index (Phi) is 4.71. The van der Waals surface area contributed by atoms with Crippen molar-refractivity contribution in [2.24, 2.45) is 5.10 Å². The fourth-order valence-corrected chi connectivity index (χ4v) is 2.41. The van der Waals surface area contributed by atoms with E-state index in [1.54, 1.807) is 30.3 Å². The number of aromatic nitrogens is 1. The van der Waals surface area contributed by atoms with E-state index in [0.717, 1.165) is 5.69 Å². The summed E-state index contributed by atoms with van der Waals surface area (Å²) in [5.74, 6) is -1.43. The first-order valence-electron chi connectivity index (χ1n) is 7.55. The van der Waals surface area contributed by atoms with Gasteiger partial charge in [-0.05, 0) is 30.3 Å². The molecular formula is C19H15N3O3. The second-order valence-electron chi connectivity index (χ2n) is 5.20. The van der Waals surface area contributed by atoms with Crippen molar-refractivity contribution < 1.29 is 14.7 Å². The zero-order chi connectivity index (χ0) is 17.6. The minimum Gasteiger partial charge on any atom is -0.478 e. The van der Waals surface area contributed by atoms with Crippen LogP contribution in [0.15, 0.2) is 78.2 Å². The molecule has 6 nitrogen and oxygen atoms in total. The van der Waals surface area contributed by atoms with E-state index in [1.807, 2.05) is 41.2 Å². The molecule has 1 aromatic heterocycles. The van der Waals surface area contributed by atoms with Crippen LogP contribution in [0.5, 0.6) is 0 Å². The van der Waals surface area contributed by atoms with Gasteiger partial charge >= 0.3 is 5.97 Å². The molecule has 0 unspecified atom stereocenters. The average Bonchev–Trinajstić information content (AvgIpc) is 3.16. The first kappa shape index (κ1) is 16.2. The fraction of sp³-hybridized carbons (Fsp3) is 0. The summed E-state index contributed by atoms with van der Waals surface area (Å²) in [6.45, 7) is 0. The Bertz CT molecular complexity index is 931. The molecule has 0 aliphatic rings. The lowest BCUT2D eigenvalue weighted by molar-refractivity contribution is 0.0696. The smallest absolute Gasteiger partial charge is 0.336 e. The normalized spacial score (nSPS) is 10.7. The van der Waals surface area contributed by atoms with E-state index in [9.17, 15) is 9.59 Å². The minimum atomic E-state index is -1.05. The van der Waals surface area contributed by atoms with Crippen LogP contribution in [0.4, 0.5) is 0 Å². The number of para-hydroxylation sites is 1. The molecule has 25 heavy (non-hydrogen) atoms. The molecule has 3 aromatic rings. The van der Waals surface area contributed by atoms with Gasteiger partial charge in [-0.2, -0.15) is 5.10 Å². The number of amides is 1. The van der Waals surface area contributed by atoms with Crippen LogP contribution in [0.25, 0.3) is 5.69 Å². The second kappa shape index (κ2) is 7.27. The summed E-state index contributed by atoms with van der Waals surface area (Å²) < 4.78 is 1.83. The minimum absolute atomic E-state index is 0.119. The van der Waals surface area contributed by atoms with E-state index >= 15 is 0 Å². The second-order valence-corrected chi connectivity index (χ2v) is 5.20. The monoisotopic (exact) mass is 333 g/mol. The van der Waals surface area contributed by atoms with Crippen LogP contribution in [-0.4, -0.2) is 27.8 Å². The SMILES string of the molecule is O=C(O)c1ccccc1/C=N\NC(=O)c1ccccc1-n1cccc1. The Morgan fingerprint density at radius 3 is 2.28 bits per heavy atom. The predicted molar refractivity (Wildman–Crippen MR) is 94.2 cm³/mol. The van der Waals surface area contributed by atoms with E-state index in [4.69, 9.17) is 5.11 Å². The number of aromatic carboxylic acids is 1. The first-order valence-corrected chi connectivity index (χ1v) is 7.55. The van der Waals surface area contributed by atoms with Gasteiger partial charge in [0.1, 0.15) is 0 Å². The molecule has 3 rings (SSSR count). The highest BCUT2D eigenvalue weighted by Gasteiger charge is 2.11. The van der Waals surface area contributed by atoms with E-state index < -0.39 is 5.97 Å². The van der Waals surface area contributed by atoms with Crippen LogP contribution in [-0.2, 0) is 0 Å². The van der Waals surface area contributed by atoms with Gasteiger partial charge in [0.25, 0.3) is 5.91 Å². The molecule has 2 aromatic carbocycles. The number of hydrogen-bond donors (Lipinski definition) is 2. The van der Waals surface area contributed by atoms with Crippen LogP contribution < -0.4 is 5.43 Å². The van der Waals surface area contributed by atoms with Crippen LogP contribution in [0, 0.1) is 0 Å². The van der Waals surface area contributed by atoms with Gasteiger partial charge in [-0.1, -0.05) is 30.3 Å². The van der Waals surface area contributed by atoms with Gasteiger partial charge in [-0.15, -0.1) is 0 Å². The standard InChI is InChI=1S/C19H15N3O3/c23-18(16-9-3-4-10-17(16)22-11-5-6-12-22)21-20-13-14-7-1-2-8-15(14)19(24)25/h1-13H,(H,21,23)(H,24,25)/b20-13-. The topological polar surface area (TPSA) is 83.7 Å². The first-order chi connectivity index (χ1) is 12.2. The summed E-state index contributed by atoms with van der Waals surface area (Å²) in [7, 11) is 0. The van der Waals surface area contributed by atoms with Gasteiger partial charge in [0.15, 0.2) is 0 Å². The van der Waals surface area contributed by atoms with Gasteiger partial charge in [0.2, 0.25) is 0 Å². The van der Waals surface area contributed by atoms with Gasteiger partial charge in [0, 0.05) is 18.0 Å². The molecule has 0 saturated carbocycles. The number of carboxylic acids is 1. The van der Waals surface area contributed by atoms with Crippen LogP contribution in [0.2, 0.25) is 0 Å². The lowest BCUT2D eigenvalue weighted by Gasteiger charge is -2.09. The third kappa shape index (κ3) is 3.64. The van der Waals surface area contributed by atoms with E-state index in [-0.39, 0.29) is 11.5 Å². The van der Waals surface area contributed by atoms with Crippen molar-refractivity contribution >= 4 is 18.1 Å². The molecule has 0 atom stereocenters. The lowest BCUT2D eigenvalue weighted by atomic mass is 10.1. The molecule has 0 fully saturated rings.